The van der Waals surface area contributed by atoms with E-state index >= 15 is 0 Å². The topological polar surface area (TPSA) is 91.7 Å². The highest BCUT2D eigenvalue weighted by Gasteiger charge is 2.06. The molecule has 84 valence electrons. The Hall–Kier alpha value is -1.56. The quantitative estimate of drug-likeness (QED) is 0.651. The first-order chi connectivity index (χ1) is 6.77. The number of hydrogen-bond donors (Lipinski definition) is 2. The molecule has 0 saturated heterocycles. The van der Waals surface area contributed by atoms with Crippen molar-refractivity contribution in [3.05, 3.63) is 22.8 Å². The Morgan fingerprint density at radius 1 is 1.00 bits per heavy atom. The van der Waals surface area contributed by atoms with Crippen molar-refractivity contribution in [2.24, 2.45) is 0 Å². The Morgan fingerprint density at radius 2 is 1.40 bits per heavy atom. The van der Waals surface area contributed by atoms with Crippen LogP contribution in [0.25, 0.3) is 0 Å². The minimum absolute atomic E-state index is 0.248. The van der Waals surface area contributed by atoms with E-state index in [1.807, 2.05) is 0 Å². The normalized spacial score (nSPS) is 9.00. The third-order valence-corrected chi connectivity index (χ3v) is 2.03. The average molecular weight is 232 g/mol. The molecular weight excluding hydrogens is 220 g/mol. The van der Waals surface area contributed by atoms with E-state index in [1.165, 1.54) is 0 Å². The molecule has 0 unspecified atom stereocenters. The molecule has 0 bridgehead atoms. The summed E-state index contributed by atoms with van der Waals surface area (Å²) in [4.78, 5) is 0. The lowest BCUT2D eigenvalue weighted by atomic mass is 10.0. The van der Waals surface area contributed by atoms with Crippen LogP contribution >= 0.6 is 0 Å². The number of aromatic hydroxyl groups is 2. The Labute approximate surface area is 89.1 Å². The van der Waals surface area contributed by atoms with E-state index < -0.39 is 10.6 Å². The summed E-state index contributed by atoms with van der Waals surface area (Å²) < 4.78 is 25.3. The summed E-state index contributed by atoms with van der Waals surface area (Å²) in [6.07, 6.45) is 0. The fourth-order valence-electron chi connectivity index (χ4n) is 1.05. The summed E-state index contributed by atoms with van der Waals surface area (Å²) in [5, 5.41) is 18.7. The van der Waals surface area contributed by atoms with Crippen LogP contribution in [0.4, 0.5) is 0 Å². The van der Waals surface area contributed by atoms with Gasteiger partial charge in [0, 0.05) is 0 Å². The minimum Gasteiger partial charge on any atom is -0.508 e. The van der Waals surface area contributed by atoms with E-state index in [0.717, 1.165) is 11.1 Å². The maximum Gasteiger partial charge on any atom is 0.425 e. The number of hydrogen-bond acceptors (Lipinski definition) is 5. The van der Waals surface area contributed by atoms with Crippen molar-refractivity contribution in [3.63, 3.8) is 0 Å². The smallest absolute Gasteiger partial charge is 0.425 e. The second kappa shape index (κ2) is 5.35. The maximum atomic E-state index is 9.40. The van der Waals surface area contributed by atoms with Crippen molar-refractivity contribution in [3.8, 4) is 11.5 Å². The van der Waals surface area contributed by atoms with E-state index in [1.54, 1.807) is 26.8 Å². The fraction of sp³-hybridized carbons (Fsp3) is 0.333. The van der Waals surface area contributed by atoms with Gasteiger partial charge in [0.2, 0.25) is 0 Å². The molecule has 1 rings (SSSR count). The van der Waals surface area contributed by atoms with Crippen molar-refractivity contribution >= 4 is 10.6 Å². The van der Waals surface area contributed by atoms with Crippen LogP contribution in [0.2, 0.25) is 0 Å². The van der Waals surface area contributed by atoms with E-state index in [0.29, 0.717) is 5.56 Å². The number of aryl methyl sites for hydroxylation is 1. The van der Waals surface area contributed by atoms with Crippen LogP contribution in [0.5, 0.6) is 11.5 Å². The highest BCUT2D eigenvalue weighted by molar-refractivity contribution is 7.59. The zero-order valence-electron chi connectivity index (χ0n) is 8.60. The molecule has 0 amide bonds. The standard InChI is InChI=1S/C9H12O2.O3S/c1-5-4-8(10)6(2)7(3)9(5)11;1-4(2)3/h4,10-11H,1-3H3;. The SMILES string of the molecule is Cc1cc(O)c(C)c(C)c1O.O=S(=O)=O. The minimum atomic E-state index is -3.11. The van der Waals surface area contributed by atoms with Gasteiger partial charge in [0.1, 0.15) is 11.5 Å². The Balaban J connectivity index is 0.000000423. The average Bonchev–Trinajstić information content (AvgIpc) is 2.11. The van der Waals surface area contributed by atoms with Gasteiger partial charge in [-0.2, -0.15) is 0 Å². The van der Waals surface area contributed by atoms with Gasteiger partial charge >= 0.3 is 10.6 Å². The third kappa shape index (κ3) is 3.99. The summed E-state index contributed by atoms with van der Waals surface area (Å²) in [7, 11) is -3.11. The van der Waals surface area contributed by atoms with E-state index in [-0.39, 0.29) is 11.5 Å². The summed E-state index contributed by atoms with van der Waals surface area (Å²) in [6.45, 7) is 5.34. The molecule has 6 heteroatoms. The lowest BCUT2D eigenvalue weighted by Gasteiger charge is -2.07. The van der Waals surface area contributed by atoms with Crippen LogP contribution in [-0.4, -0.2) is 22.8 Å². The van der Waals surface area contributed by atoms with Crippen LogP contribution in [0.3, 0.4) is 0 Å². The molecule has 1 aromatic carbocycles. The maximum absolute atomic E-state index is 9.40. The number of benzene rings is 1. The molecule has 0 spiro atoms. The summed E-state index contributed by atoms with van der Waals surface area (Å²) in [5.74, 6) is 0.526. The molecule has 0 aliphatic rings. The number of phenolic OH excluding ortho intramolecular Hbond substituents is 2. The predicted octanol–water partition coefficient (Wildman–Crippen LogP) is 1.02. The van der Waals surface area contributed by atoms with Crippen LogP contribution in [0, 0.1) is 20.8 Å². The molecule has 0 radical (unpaired) electrons. The second-order valence-electron chi connectivity index (χ2n) is 3.02. The zero-order chi connectivity index (χ0) is 12.2. The van der Waals surface area contributed by atoms with Crippen LogP contribution in [-0.2, 0) is 10.6 Å². The lowest BCUT2D eigenvalue weighted by molar-refractivity contribution is 0.449. The number of phenols is 2. The van der Waals surface area contributed by atoms with Gasteiger partial charge in [0.25, 0.3) is 0 Å². The van der Waals surface area contributed by atoms with E-state index in [4.69, 9.17) is 12.6 Å². The van der Waals surface area contributed by atoms with Gasteiger partial charge in [-0.3, -0.25) is 0 Å². The van der Waals surface area contributed by atoms with Crippen molar-refractivity contribution in [1.82, 2.24) is 0 Å². The summed E-state index contributed by atoms with van der Waals surface area (Å²) in [5.41, 5.74) is 2.21. The van der Waals surface area contributed by atoms with Gasteiger partial charge in [-0.05, 0) is 43.5 Å². The fourth-order valence-corrected chi connectivity index (χ4v) is 1.05. The highest BCUT2D eigenvalue weighted by Crippen LogP contribution is 2.30. The van der Waals surface area contributed by atoms with Crippen LogP contribution < -0.4 is 0 Å². The Kier molecular flexibility index (Phi) is 4.80. The van der Waals surface area contributed by atoms with Crippen molar-refractivity contribution < 1.29 is 22.8 Å². The molecule has 0 saturated carbocycles. The molecular formula is C9H12O5S. The monoisotopic (exact) mass is 232 g/mol. The molecule has 0 heterocycles. The highest BCUT2D eigenvalue weighted by atomic mass is 32.2. The third-order valence-electron chi connectivity index (χ3n) is 2.03. The van der Waals surface area contributed by atoms with Gasteiger partial charge in [0.15, 0.2) is 0 Å². The molecule has 0 atom stereocenters. The molecule has 0 aliphatic heterocycles. The predicted molar refractivity (Wildman–Crippen MR) is 53.7 cm³/mol. The first-order valence-corrected chi connectivity index (χ1v) is 5.02. The van der Waals surface area contributed by atoms with Gasteiger partial charge < -0.3 is 10.2 Å². The van der Waals surface area contributed by atoms with Crippen molar-refractivity contribution in [1.29, 1.82) is 0 Å². The molecule has 2 N–H and O–H groups in total. The summed E-state index contributed by atoms with van der Waals surface area (Å²) >= 11 is 0. The molecule has 0 aliphatic carbocycles. The van der Waals surface area contributed by atoms with Crippen LogP contribution in [0.15, 0.2) is 6.07 Å². The van der Waals surface area contributed by atoms with Gasteiger partial charge in [0.05, 0.1) is 0 Å². The Morgan fingerprint density at radius 3 is 1.80 bits per heavy atom. The first-order valence-electron chi connectivity index (χ1n) is 4.02. The Bertz CT molecular complexity index is 428. The molecule has 5 nitrogen and oxygen atoms in total. The van der Waals surface area contributed by atoms with E-state index in [9.17, 15) is 10.2 Å². The lowest BCUT2D eigenvalue weighted by Crippen LogP contribution is -1.85. The van der Waals surface area contributed by atoms with Crippen molar-refractivity contribution in [2.75, 3.05) is 0 Å². The van der Waals surface area contributed by atoms with Crippen LogP contribution in [0.1, 0.15) is 16.7 Å². The van der Waals surface area contributed by atoms with Gasteiger partial charge in [-0.25, -0.2) is 0 Å². The van der Waals surface area contributed by atoms with Gasteiger partial charge in [-0.15, -0.1) is 12.6 Å². The van der Waals surface area contributed by atoms with Gasteiger partial charge in [-0.1, -0.05) is 0 Å². The van der Waals surface area contributed by atoms with Crippen molar-refractivity contribution in [2.45, 2.75) is 20.8 Å². The molecule has 15 heavy (non-hydrogen) atoms. The molecule has 0 aromatic heterocycles. The second-order valence-corrected chi connectivity index (χ2v) is 3.42. The number of rotatable bonds is 0. The molecule has 1 aromatic rings. The zero-order valence-corrected chi connectivity index (χ0v) is 9.42. The largest absolute Gasteiger partial charge is 0.508 e. The first kappa shape index (κ1) is 13.4. The summed E-state index contributed by atoms with van der Waals surface area (Å²) in [6, 6.07) is 1.57. The molecule has 0 fully saturated rings. The van der Waals surface area contributed by atoms with E-state index in [2.05, 4.69) is 0 Å².